The molecule has 0 radical (unpaired) electrons. The lowest BCUT2D eigenvalue weighted by atomic mass is 10.1. The second-order valence-corrected chi connectivity index (χ2v) is 7.09. The largest absolute Gasteiger partial charge is 0.484 e. The number of nitrogens with one attached hydrogen (secondary N) is 1. The van der Waals surface area contributed by atoms with Crippen molar-refractivity contribution in [2.45, 2.75) is 12.5 Å². The highest BCUT2D eigenvalue weighted by Crippen LogP contribution is 2.34. The van der Waals surface area contributed by atoms with Crippen LogP contribution in [0.1, 0.15) is 17.4 Å². The zero-order valence-corrected chi connectivity index (χ0v) is 16.1. The Kier molecular flexibility index (Phi) is 5.53. The number of anilines is 1. The molecule has 6 heteroatoms. The van der Waals surface area contributed by atoms with Crippen molar-refractivity contribution in [3.63, 3.8) is 0 Å². The number of carbonyl (C=O) groups is 1. The number of rotatable bonds is 7. The molecule has 0 bridgehead atoms. The van der Waals surface area contributed by atoms with Crippen LogP contribution in [-0.4, -0.2) is 25.6 Å². The van der Waals surface area contributed by atoms with Crippen LogP contribution in [0.4, 0.5) is 5.69 Å². The molecule has 0 fully saturated rings. The van der Waals surface area contributed by atoms with Crippen LogP contribution in [-0.2, 0) is 11.2 Å². The molecule has 1 aromatic heterocycles. The number of para-hydroxylation sites is 1. The van der Waals surface area contributed by atoms with Crippen LogP contribution in [0, 0.1) is 0 Å². The van der Waals surface area contributed by atoms with Crippen molar-refractivity contribution in [2.24, 2.45) is 0 Å². The fourth-order valence-corrected chi connectivity index (χ4v) is 3.60. The van der Waals surface area contributed by atoms with Gasteiger partial charge < -0.3 is 19.4 Å². The minimum absolute atomic E-state index is 0.0525. The number of nitrogens with zero attached hydrogens (tertiary/aromatic N) is 1. The lowest BCUT2D eigenvalue weighted by Crippen LogP contribution is -2.39. The van der Waals surface area contributed by atoms with E-state index in [-0.39, 0.29) is 18.6 Å². The maximum atomic E-state index is 12.3. The summed E-state index contributed by atoms with van der Waals surface area (Å²) < 4.78 is 11.2. The topological polar surface area (TPSA) is 54.7 Å². The molecule has 1 aliphatic heterocycles. The number of ether oxygens (including phenoxy) is 1. The van der Waals surface area contributed by atoms with Crippen LogP contribution in [0.5, 0.6) is 5.75 Å². The molecule has 2 heterocycles. The maximum Gasteiger partial charge on any atom is 0.258 e. The lowest BCUT2D eigenvalue weighted by Gasteiger charge is -2.29. The average Bonchev–Trinajstić information content (AvgIpc) is 3.39. The number of furan rings is 1. The molecule has 3 aromatic rings. The number of halogens is 1. The zero-order chi connectivity index (χ0) is 19.3. The van der Waals surface area contributed by atoms with Crippen LogP contribution in [0.15, 0.2) is 71.3 Å². The zero-order valence-electron chi connectivity index (χ0n) is 15.3. The van der Waals surface area contributed by atoms with Crippen LogP contribution in [0.25, 0.3) is 0 Å². The molecule has 0 aliphatic carbocycles. The molecule has 1 atom stereocenters. The highest BCUT2D eigenvalue weighted by molar-refractivity contribution is 6.30. The molecule has 0 unspecified atom stereocenters. The van der Waals surface area contributed by atoms with E-state index in [9.17, 15) is 4.79 Å². The van der Waals surface area contributed by atoms with E-state index >= 15 is 0 Å². The van der Waals surface area contributed by atoms with E-state index in [1.807, 2.05) is 18.2 Å². The van der Waals surface area contributed by atoms with Gasteiger partial charge in [-0.25, -0.2) is 0 Å². The summed E-state index contributed by atoms with van der Waals surface area (Å²) >= 11 is 5.86. The van der Waals surface area contributed by atoms with Gasteiger partial charge in [-0.3, -0.25) is 4.79 Å². The van der Waals surface area contributed by atoms with E-state index in [4.69, 9.17) is 20.8 Å². The summed E-state index contributed by atoms with van der Waals surface area (Å²) in [5.74, 6) is 1.25. The first kappa shape index (κ1) is 18.4. The van der Waals surface area contributed by atoms with Crippen LogP contribution in [0.2, 0.25) is 5.02 Å². The molecule has 5 nitrogen and oxygen atoms in total. The predicted molar refractivity (Wildman–Crippen MR) is 109 cm³/mol. The van der Waals surface area contributed by atoms with Crippen molar-refractivity contribution >= 4 is 23.2 Å². The third-order valence-electron chi connectivity index (χ3n) is 4.85. The van der Waals surface area contributed by atoms with Gasteiger partial charge in [0.2, 0.25) is 0 Å². The van der Waals surface area contributed by atoms with E-state index in [1.165, 1.54) is 11.3 Å². The van der Waals surface area contributed by atoms with Crippen molar-refractivity contribution in [3.8, 4) is 5.75 Å². The molecule has 1 N–H and O–H groups in total. The summed E-state index contributed by atoms with van der Waals surface area (Å²) in [4.78, 5) is 14.6. The number of hydrogen-bond acceptors (Lipinski definition) is 4. The van der Waals surface area contributed by atoms with E-state index in [1.54, 1.807) is 30.5 Å². The van der Waals surface area contributed by atoms with E-state index in [0.29, 0.717) is 17.3 Å². The number of amides is 1. The first-order chi connectivity index (χ1) is 13.7. The second kappa shape index (κ2) is 8.40. The molecule has 0 saturated heterocycles. The Morgan fingerprint density at radius 2 is 1.96 bits per heavy atom. The van der Waals surface area contributed by atoms with Gasteiger partial charge in [-0.15, -0.1) is 0 Å². The van der Waals surface area contributed by atoms with Crippen molar-refractivity contribution in [2.75, 3.05) is 24.6 Å². The summed E-state index contributed by atoms with van der Waals surface area (Å²) in [7, 11) is 0. The van der Waals surface area contributed by atoms with Crippen molar-refractivity contribution in [1.29, 1.82) is 0 Å². The number of hydrogen-bond donors (Lipinski definition) is 1. The van der Waals surface area contributed by atoms with Gasteiger partial charge in [0.25, 0.3) is 5.91 Å². The minimum Gasteiger partial charge on any atom is -0.484 e. The Labute approximate surface area is 168 Å². The molecule has 2 aromatic carbocycles. The monoisotopic (exact) mass is 396 g/mol. The van der Waals surface area contributed by atoms with Crippen molar-refractivity contribution in [3.05, 3.63) is 83.3 Å². The molecule has 144 valence electrons. The lowest BCUT2D eigenvalue weighted by molar-refractivity contribution is -0.123. The van der Waals surface area contributed by atoms with Gasteiger partial charge in [-0.05, 0) is 54.4 Å². The van der Waals surface area contributed by atoms with Gasteiger partial charge in [0.05, 0.1) is 6.26 Å². The standard InChI is InChI=1S/C22H21ClN2O3/c23-17-7-9-18(10-8-17)28-15-22(26)24-14-20(21-6-3-13-27-21)25-12-11-16-4-1-2-5-19(16)25/h1-10,13,20H,11-12,14-15H2,(H,24,26)/t20-/m1/s1. The summed E-state index contributed by atoms with van der Waals surface area (Å²) in [5, 5.41) is 3.60. The molecule has 4 rings (SSSR count). The Morgan fingerprint density at radius 3 is 2.75 bits per heavy atom. The summed E-state index contributed by atoms with van der Waals surface area (Å²) in [6.45, 7) is 1.27. The minimum atomic E-state index is -0.181. The fourth-order valence-electron chi connectivity index (χ4n) is 3.47. The fraction of sp³-hybridized carbons (Fsp3) is 0.227. The van der Waals surface area contributed by atoms with Crippen molar-refractivity contribution in [1.82, 2.24) is 5.32 Å². The third kappa shape index (κ3) is 4.15. The average molecular weight is 397 g/mol. The highest BCUT2D eigenvalue weighted by atomic mass is 35.5. The Balaban J connectivity index is 1.40. The maximum absolute atomic E-state index is 12.3. The third-order valence-corrected chi connectivity index (χ3v) is 5.10. The first-order valence-electron chi connectivity index (χ1n) is 9.24. The highest BCUT2D eigenvalue weighted by Gasteiger charge is 2.29. The molecule has 28 heavy (non-hydrogen) atoms. The molecule has 1 amide bonds. The molecule has 1 aliphatic rings. The first-order valence-corrected chi connectivity index (χ1v) is 9.61. The Morgan fingerprint density at radius 1 is 1.14 bits per heavy atom. The molecule has 0 spiro atoms. The van der Waals surface area contributed by atoms with E-state index in [0.717, 1.165) is 18.7 Å². The molecule has 0 saturated carbocycles. The molecular formula is C22H21ClN2O3. The van der Waals surface area contributed by atoms with Crippen LogP contribution in [0.3, 0.4) is 0 Å². The van der Waals surface area contributed by atoms with Gasteiger partial charge in [0.15, 0.2) is 6.61 Å². The molecular weight excluding hydrogens is 376 g/mol. The van der Waals surface area contributed by atoms with E-state index < -0.39 is 0 Å². The summed E-state index contributed by atoms with van der Waals surface area (Å²) in [6.07, 6.45) is 2.65. The second-order valence-electron chi connectivity index (χ2n) is 6.65. The van der Waals surface area contributed by atoms with Crippen LogP contribution < -0.4 is 15.0 Å². The van der Waals surface area contributed by atoms with Gasteiger partial charge >= 0.3 is 0 Å². The Bertz CT molecular complexity index is 925. The normalized spacial score (nSPS) is 13.8. The van der Waals surface area contributed by atoms with E-state index in [2.05, 4.69) is 28.4 Å². The number of fused-ring (bicyclic) bond motifs is 1. The van der Waals surface area contributed by atoms with Crippen molar-refractivity contribution < 1.29 is 13.9 Å². The SMILES string of the molecule is O=C(COc1ccc(Cl)cc1)NC[C@H](c1ccco1)N1CCc2ccccc21. The Hall–Kier alpha value is -2.92. The predicted octanol–water partition coefficient (Wildman–Crippen LogP) is 4.23. The quantitative estimate of drug-likeness (QED) is 0.649. The summed E-state index contributed by atoms with van der Waals surface area (Å²) in [5.41, 5.74) is 2.51. The summed E-state index contributed by atoms with van der Waals surface area (Å²) in [6, 6.07) is 19.0. The van der Waals surface area contributed by atoms with Gasteiger partial charge in [-0.1, -0.05) is 29.8 Å². The van der Waals surface area contributed by atoms with Gasteiger partial charge in [-0.2, -0.15) is 0 Å². The van der Waals surface area contributed by atoms with Crippen LogP contribution >= 0.6 is 11.6 Å². The van der Waals surface area contributed by atoms with Gasteiger partial charge in [0, 0.05) is 23.8 Å². The van der Waals surface area contributed by atoms with Gasteiger partial charge in [0.1, 0.15) is 17.6 Å². The number of benzene rings is 2. The number of carbonyl (C=O) groups excluding carboxylic acids is 1. The smallest absolute Gasteiger partial charge is 0.258 e.